The van der Waals surface area contributed by atoms with Crippen molar-refractivity contribution in [3.8, 4) is 0 Å². The van der Waals surface area contributed by atoms with Gasteiger partial charge in [-0.3, -0.25) is 0 Å². The maximum absolute atomic E-state index is 8.85. The summed E-state index contributed by atoms with van der Waals surface area (Å²) in [5.74, 6) is 0. The number of rotatable bonds is 4. The van der Waals surface area contributed by atoms with E-state index < -0.39 is 0 Å². The van der Waals surface area contributed by atoms with E-state index in [1.54, 1.807) is 0 Å². The Balaban J connectivity index is 2.20. The number of aliphatic hydroxyl groups is 1. The van der Waals surface area contributed by atoms with Crippen molar-refractivity contribution in [1.29, 1.82) is 0 Å². The lowest BCUT2D eigenvalue weighted by atomic mass is 10.0. The van der Waals surface area contributed by atoms with Crippen LogP contribution < -0.4 is 0 Å². The molecule has 2 heteroatoms. The first-order valence-corrected chi connectivity index (χ1v) is 6.01. The van der Waals surface area contributed by atoms with Crippen LogP contribution in [0, 0.1) is 0 Å². The molecule has 0 aliphatic carbocycles. The standard InChI is InChI=1S/C15H14OS/c16-11-10-12-6-8-14(9-7-12)15(17)13-4-2-1-3-5-13/h1-9,16H,10-11H2. The van der Waals surface area contributed by atoms with E-state index in [-0.39, 0.29) is 6.61 Å². The van der Waals surface area contributed by atoms with Crippen molar-refractivity contribution in [3.63, 3.8) is 0 Å². The molecule has 0 aromatic heterocycles. The van der Waals surface area contributed by atoms with E-state index in [4.69, 9.17) is 17.3 Å². The highest BCUT2D eigenvalue weighted by Crippen LogP contribution is 2.12. The minimum absolute atomic E-state index is 0.183. The second-order valence-corrected chi connectivity index (χ2v) is 4.27. The van der Waals surface area contributed by atoms with Crippen LogP contribution in [-0.4, -0.2) is 16.6 Å². The Bertz CT molecular complexity index is 488. The van der Waals surface area contributed by atoms with Crippen LogP contribution in [0.25, 0.3) is 0 Å². The normalized spacial score (nSPS) is 10.2. The molecule has 2 rings (SSSR count). The van der Waals surface area contributed by atoms with Gasteiger partial charge in [0.1, 0.15) is 0 Å². The van der Waals surface area contributed by atoms with Gasteiger partial charge in [0.15, 0.2) is 0 Å². The summed E-state index contributed by atoms with van der Waals surface area (Å²) < 4.78 is 0. The molecule has 0 heterocycles. The van der Waals surface area contributed by atoms with Crippen molar-refractivity contribution in [1.82, 2.24) is 0 Å². The molecule has 0 amide bonds. The van der Waals surface area contributed by atoms with Gasteiger partial charge in [-0.1, -0.05) is 66.8 Å². The van der Waals surface area contributed by atoms with Crippen LogP contribution in [-0.2, 0) is 6.42 Å². The summed E-state index contributed by atoms with van der Waals surface area (Å²) >= 11 is 5.45. The maximum atomic E-state index is 8.85. The van der Waals surface area contributed by atoms with Crippen LogP contribution in [0.2, 0.25) is 0 Å². The van der Waals surface area contributed by atoms with Gasteiger partial charge in [0.05, 0.1) is 4.86 Å². The number of aliphatic hydroxyl groups excluding tert-OH is 1. The summed E-state index contributed by atoms with van der Waals surface area (Å²) in [4.78, 5) is 0.862. The van der Waals surface area contributed by atoms with Gasteiger partial charge in [0, 0.05) is 6.61 Å². The molecule has 1 N–H and O–H groups in total. The molecule has 0 fully saturated rings. The zero-order chi connectivity index (χ0) is 12.1. The van der Waals surface area contributed by atoms with Crippen molar-refractivity contribution >= 4 is 17.1 Å². The molecule has 2 aromatic rings. The van der Waals surface area contributed by atoms with Crippen molar-refractivity contribution in [2.75, 3.05) is 6.61 Å². The molecule has 0 aliphatic heterocycles. The quantitative estimate of drug-likeness (QED) is 0.657. The summed E-state index contributed by atoms with van der Waals surface area (Å²) in [6, 6.07) is 18.1. The van der Waals surface area contributed by atoms with Crippen molar-refractivity contribution in [2.45, 2.75) is 6.42 Å². The SMILES string of the molecule is OCCc1ccc(C(=S)c2ccccc2)cc1. The summed E-state index contributed by atoms with van der Waals surface area (Å²) in [6.07, 6.45) is 0.693. The topological polar surface area (TPSA) is 20.2 Å². The molecule has 86 valence electrons. The van der Waals surface area contributed by atoms with Crippen LogP contribution in [0.5, 0.6) is 0 Å². The lowest BCUT2D eigenvalue weighted by Gasteiger charge is -2.05. The third kappa shape index (κ3) is 2.99. The first kappa shape index (κ1) is 12.0. The number of thiocarbonyl (C=S) groups is 1. The van der Waals surface area contributed by atoms with Crippen LogP contribution in [0.3, 0.4) is 0 Å². The van der Waals surface area contributed by atoms with Crippen molar-refractivity contribution in [2.24, 2.45) is 0 Å². The molecule has 0 aliphatic rings. The fourth-order valence-electron chi connectivity index (χ4n) is 1.71. The fourth-order valence-corrected chi connectivity index (χ4v) is 1.98. The zero-order valence-electron chi connectivity index (χ0n) is 9.47. The van der Waals surface area contributed by atoms with Crippen molar-refractivity contribution in [3.05, 3.63) is 71.3 Å². The van der Waals surface area contributed by atoms with Gasteiger partial charge in [-0.05, 0) is 23.1 Å². The van der Waals surface area contributed by atoms with E-state index in [2.05, 4.69) is 0 Å². The highest BCUT2D eigenvalue weighted by atomic mass is 32.1. The Labute approximate surface area is 107 Å². The lowest BCUT2D eigenvalue weighted by Crippen LogP contribution is -1.99. The molecule has 2 aromatic carbocycles. The van der Waals surface area contributed by atoms with Crippen LogP contribution in [0.15, 0.2) is 54.6 Å². The molecule has 17 heavy (non-hydrogen) atoms. The second kappa shape index (κ2) is 5.71. The van der Waals surface area contributed by atoms with Gasteiger partial charge in [0.2, 0.25) is 0 Å². The predicted molar refractivity (Wildman–Crippen MR) is 74.5 cm³/mol. The molecule has 0 bridgehead atoms. The number of hydrogen-bond acceptors (Lipinski definition) is 2. The van der Waals surface area contributed by atoms with Crippen LogP contribution in [0.4, 0.5) is 0 Å². The van der Waals surface area contributed by atoms with Crippen LogP contribution in [0.1, 0.15) is 16.7 Å². The molecule has 1 nitrogen and oxygen atoms in total. The third-order valence-corrected chi connectivity index (χ3v) is 3.12. The molecule has 0 atom stereocenters. The van der Waals surface area contributed by atoms with Gasteiger partial charge in [0.25, 0.3) is 0 Å². The van der Waals surface area contributed by atoms with E-state index in [1.807, 2.05) is 54.6 Å². The number of benzene rings is 2. The lowest BCUT2D eigenvalue weighted by molar-refractivity contribution is 0.299. The van der Waals surface area contributed by atoms with Crippen molar-refractivity contribution < 1.29 is 5.11 Å². The molecule has 0 spiro atoms. The molecule has 0 saturated heterocycles. The molecule has 0 unspecified atom stereocenters. The average Bonchev–Trinajstić information content (AvgIpc) is 2.40. The van der Waals surface area contributed by atoms with Gasteiger partial charge in [-0.25, -0.2) is 0 Å². The molecule has 0 radical (unpaired) electrons. The minimum atomic E-state index is 0.183. The summed E-state index contributed by atoms with van der Waals surface area (Å²) in [6.45, 7) is 0.183. The Hall–Kier alpha value is -1.51. The fraction of sp³-hybridized carbons (Fsp3) is 0.133. The van der Waals surface area contributed by atoms with E-state index in [9.17, 15) is 0 Å². The van der Waals surface area contributed by atoms with Gasteiger partial charge >= 0.3 is 0 Å². The summed E-state index contributed by atoms with van der Waals surface area (Å²) in [5, 5.41) is 8.85. The van der Waals surface area contributed by atoms with E-state index in [1.165, 1.54) is 0 Å². The van der Waals surface area contributed by atoms with E-state index in [0.717, 1.165) is 21.6 Å². The Morgan fingerprint density at radius 1 is 0.882 bits per heavy atom. The first-order chi connectivity index (χ1) is 8.31. The Morgan fingerprint density at radius 3 is 2.06 bits per heavy atom. The second-order valence-electron chi connectivity index (χ2n) is 3.87. The third-order valence-electron chi connectivity index (χ3n) is 2.65. The predicted octanol–water partition coefficient (Wildman–Crippen LogP) is 2.99. The number of hydrogen-bond donors (Lipinski definition) is 1. The van der Waals surface area contributed by atoms with Gasteiger partial charge < -0.3 is 5.11 Å². The first-order valence-electron chi connectivity index (χ1n) is 5.61. The largest absolute Gasteiger partial charge is 0.396 e. The van der Waals surface area contributed by atoms with Crippen LogP contribution >= 0.6 is 12.2 Å². The average molecular weight is 242 g/mol. The van der Waals surface area contributed by atoms with E-state index in [0.29, 0.717) is 6.42 Å². The van der Waals surface area contributed by atoms with Gasteiger partial charge in [-0.2, -0.15) is 0 Å². The molecular weight excluding hydrogens is 228 g/mol. The zero-order valence-corrected chi connectivity index (χ0v) is 10.3. The highest BCUT2D eigenvalue weighted by molar-refractivity contribution is 7.81. The molecule has 0 saturated carbocycles. The van der Waals surface area contributed by atoms with E-state index >= 15 is 0 Å². The molecular formula is C15H14OS. The minimum Gasteiger partial charge on any atom is -0.396 e. The summed E-state index contributed by atoms with van der Waals surface area (Å²) in [5.41, 5.74) is 3.25. The van der Waals surface area contributed by atoms with Gasteiger partial charge in [-0.15, -0.1) is 0 Å². The monoisotopic (exact) mass is 242 g/mol. The Morgan fingerprint density at radius 2 is 1.47 bits per heavy atom. The Kier molecular flexibility index (Phi) is 4.02. The highest BCUT2D eigenvalue weighted by Gasteiger charge is 2.03. The smallest absolute Gasteiger partial charge is 0.0521 e. The maximum Gasteiger partial charge on any atom is 0.0521 e. The summed E-state index contributed by atoms with van der Waals surface area (Å²) in [7, 11) is 0.